The Morgan fingerprint density at radius 3 is 2.45 bits per heavy atom. The number of aryl methyl sites for hydroxylation is 1. The van der Waals surface area contributed by atoms with Gasteiger partial charge in [0, 0.05) is 15.6 Å². The first kappa shape index (κ1) is 13.5. The van der Waals surface area contributed by atoms with Crippen molar-refractivity contribution in [2.75, 3.05) is 0 Å². The molecule has 3 nitrogen and oxygen atoms in total. The summed E-state index contributed by atoms with van der Waals surface area (Å²) in [4.78, 5) is 0.814. The first-order chi connectivity index (χ1) is 10.7. The number of fused-ring (bicyclic) bond motifs is 1. The molecule has 4 aromatic rings. The van der Waals surface area contributed by atoms with Crippen LogP contribution >= 0.6 is 22.9 Å². The van der Waals surface area contributed by atoms with Crippen LogP contribution in [0.2, 0.25) is 5.02 Å². The van der Waals surface area contributed by atoms with E-state index < -0.39 is 0 Å². The molecule has 0 aliphatic rings. The van der Waals surface area contributed by atoms with E-state index in [2.05, 4.69) is 10.2 Å². The van der Waals surface area contributed by atoms with Gasteiger partial charge in [-0.15, -0.1) is 21.5 Å². The molecule has 4 rings (SSSR count). The fraction of sp³-hybridized carbons (Fsp3) is 0.0588. The van der Waals surface area contributed by atoms with Gasteiger partial charge in [-0.1, -0.05) is 47.5 Å². The molecule has 0 N–H and O–H groups in total. The van der Waals surface area contributed by atoms with Crippen LogP contribution in [0.3, 0.4) is 0 Å². The molecule has 0 fully saturated rings. The molecule has 22 heavy (non-hydrogen) atoms. The van der Waals surface area contributed by atoms with Gasteiger partial charge in [-0.3, -0.25) is 0 Å². The van der Waals surface area contributed by atoms with Crippen LogP contribution in [0, 0.1) is 6.92 Å². The highest BCUT2D eigenvalue weighted by Gasteiger charge is 2.18. The average Bonchev–Trinajstić information content (AvgIpc) is 3.14. The van der Waals surface area contributed by atoms with Crippen molar-refractivity contribution in [2.45, 2.75) is 6.92 Å². The molecule has 2 aromatic heterocycles. The summed E-state index contributed by atoms with van der Waals surface area (Å²) < 4.78 is 6.92. The molecule has 0 saturated heterocycles. The molecular formula is C17H11ClN2OS. The van der Waals surface area contributed by atoms with Gasteiger partial charge < -0.3 is 4.42 Å². The second-order valence-corrected chi connectivity index (χ2v) is 6.45. The van der Waals surface area contributed by atoms with Crippen LogP contribution < -0.4 is 0 Å². The fourth-order valence-electron chi connectivity index (χ4n) is 2.28. The van der Waals surface area contributed by atoms with Gasteiger partial charge in [-0.05, 0) is 25.1 Å². The summed E-state index contributed by atoms with van der Waals surface area (Å²) in [6, 6.07) is 16.0. The van der Waals surface area contributed by atoms with Crippen LogP contribution in [0.15, 0.2) is 52.9 Å². The lowest BCUT2D eigenvalue weighted by atomic mass is 10.1. The van der Waals surface area contributed by atoms with Crippen molar-refractivity contribution in [3.05, 3.63) is 59.1 Å². The Morgan fingerprint density at radius 1 is 0.955 bits per heavy atom. The molecule has 0 radical (unpaired) electrons. The zero-order valence-corrected chi connectivity index (χ0v) is 13.3. The monoisotopic (exact) mass is 326 g/mol. The van der Waals surface area contributed by atoms with Gasteiger partial charge in [0.15, 0.2) is 0 Å². The molecule has 0 atom stereocenters. The maximum atomic E-state index is 6.45. The Balaban J connectivity index is 1.80. The number of thiophene rings is 1. The van der Waals surface area contributed by atoms with E-state index in [1.807, 2.05) is 55.5 Å². The summed E-state index contributed by atoms with van der Waals surface area (Å²) in [5, 5.41) is 9.97. The Morgan fingerprint density at radius 2 is 1.68 bits per heavy atom. The molecule has 108 valence electrons. The van der Waals surface area contributed by atoms with Gasteiger partial charge in [-0.2, -0.15) is 0 Å². The highest BCUT2D eigenvalue weighted by Crippen LogP contribution is 2.41. The first-order valence-electron chi connectivity index (χ1n) is 6.80. The van der Waals surface area contributed by atoms with Crippen LogP contribution in [0.25, 0.3) is 32.3 Å². The highest BCUT2D eigenvalue weighted by molar-refractivity contribution is 7.23. The third-order valence-electron chi connectivity index (χ3n) is 3.45. The minimum absolute atomic E-state index is 0.460. The van der Waals surface area contributed by atoms with Crippen molar-refractivity contribution in [3.63, 3.8) is 0 Å². The molecule has 0 aliphatic carbocycles. The standard InChI is InChI=1S/C17H11ClN2OS/c1-10-6-8-11(9-7-10)16-19-20-17(21-16)15-14(18)12-4-2-3-5-13(12)22-15/h2-9H,1H3. The van der Waals surface area contributed by atoms with E-state index in [-0.39, 0.29) is 0 Å². The normalized spacial score (nSPS) is 11.2. The van der Waals surface area contributed by atoms with Gasteiger partial charge in [-0.25, -0.2) is 0 Å². The number of rotatable bonds is 2. The van der Waals surface area contributed by atoms with Crippen molar-refractivity contribution in [2.24, 2.45) is 0 Å². The smallest absolute Gasteiger partial charge is 0.259 e. The maximum Gasteiger partial charge on any atom is 0.259 e. The van der Waals surface area contributed by atoms with Crippen molar-refractivity contribution >= 4 is 33.0 Å². The first-order valence-corrected chi connectivity index (χ1v) is 8.00. The van der Waals surface area contributed by atoms with Gasteiger partial charge >= 0.3 is 0 Å². The van der Waals surface area contributed by atoms with E-state index in [1.54, 1.807) is 11.3 Å². The van der Waals surface area contributed by atoms with Crippen LogP contribution in [0.4, 0.5) is 0 Å². The topological polar surface area (TPSA) is 38.9 Å². The van der Waals surface area contributed by atoms with Crippen molar-refractivity contribution in [3.8, 4) is 22.2 Å². The molecule has 0 bridgehead atoms. The SMILES string of the molecule is Cc1ccc(-c2nnc(-c3sc4ccccc4c3Cl)o2)cc1. The number of hydrogen-bond acceptors (Lipinski definition) is 4. The fourth-order valence-corrected chi connectivity index (χ4v) is 3.71. The molecule has 0 saturated carbocycles. The summed E-state index contributed by atoms with van der Waals surface area (Å²) in [6.07, 6.45) is 0. The van der Waals surface area contributed by atoms with E-state index in [0.717, 1.165) is 20.5 Å². The van der Waals surface area contributed by atoms with E-state index >= 15 is 0 Å². The highest BCUT2D eigenvalue weighted by atomic mass is 35.5. The Hall–Kier alpha value is -2.17. The van der Waals surface area contributed by atoms with Crippen LogP contribution in [0.5, 0.6) is 0 Å². The molecule has 5 heteroatoms. The molecule has 0 aliphatic heterocycles. The average molecular weight is 327 g/mol. The third-order valence-corrected chi connectivity index (χ3v) is 5.12. The van der Waals surface area contributed by atoms with Gasteiger partial charge in [0.1, 0.15) is 4.88 Å². The predicted octanol–water partition coefficient (Wildman–Crippen LogP) is 5.58. The van der Waals surface area contributed by atoms with Crippen molar-refractivity contribution < 1.29 is 4.42 Å². The molecular weight excluding hydrogens is 316 g/mol. The number of aromatic nitrogens is 2. The number of benzene rings is 2. The molecule has 0 spiro atoms. The van der Waals surface area contributed by atoms with E-state index in [1.165, 1.54) is 5.56 Å². The summed E-state index contributed by atoms with van der Waals surface area (Å²) in [5.74, 6) is 0.963. The Bertz CT molecular complexity index is 956. The predicted molar refractivity (Wildman–Crippen MR) is 90.3 cm³/mol. The Labute approximate surface area is 136 Å². The van der Waals surface area contributed by atoms with Gasteiger partial charge in [0.25, 0.3) is 5.89 Å². The second-order valence-electron chi connectivity index (χ2n) is 5.02. The summed E-state index contributed by atoms with van der Waals surface area (Å²) in [7, 11) is 0. The number of hydrogen-bond donors (Lipinski definition) is 0. The Kier molecular flexibility index (Phi) is 3.21. The van der Waals surface area contributed by atoms with Crippen LogP contribution in [-0.4, -0.2) is 10.2 Å². The van der Waals surface area contributed by atoms with Gasteiger partial charge in [0.2, 0.25) is 5.89 Å². The lowest BCUT2D eigenvalue weighted by Crippen LogP contribution is -1.77. The lowest BCUT2D eigenvalue weighted by Gasteiger charge is -1.95. The summed E-state index contributed by atoms with van der Waals surface area (Å²) >= 11 is 8.01. The van der Waals surface area contributed by atoms with Gasteiger partial charge in [0.05, 0.1) is 5.02 Å². The van der Waals surface area contributed by atoms with E-state index in [9.17, 15) is 0 Å². The zero-order valence-electron chi connectivity index (χ0n) is 11.7. The quantitative estimate of drug-likeness (QED) is 0.482. The van der Waals surface area contributed by atoms with E-state index in [0.29, 0.717) is 16.8 Å². The largest absolute Gasteiger partial charge is 0.415 e. The van der Waals surface area contributed by atoms with Crippen molar-refractivity contribution in [1.29, 1.82) is 0 Å². The third kappa shape index (κ3) is 2.21. The summed E-state index contributed by atoms with van der Waals surface area (Å²) in [5.41, 5.74) is 2.10. The molecule has 0 amide bonds. The molecule has 2 heterocycles. The second kappa shape index (κ2) is 5.23. The molecule has 0 unspecified atom stereocenters. The number of halogens is 1. The molecule has 2 aromatic carbocycles. The number of nitrogens with zero attached hydrogens (tertiary/aromatic N) is 2. The zero-order chi connectivity index (χ0) is 15.1. The van der Waals surface area contributed by atoms with E-state index in [4.69, 9.17) is 16.0 Å². The maximum absolute atomic E-state index is 6.45. The van der Waals surface area contributed by atoms with Crippen LogP contribution in [-0.2, 0) is 0 Å². The van der Waals surface area contributed by atoms with Crippen LogP contribution in [0.1, 0.15) is 5.56 Å². The van der Waals surface area contributed by atoms with Crippen molar-refractivity contribution in [1.82, 2.24) is 10.2 Å². The minimum Gasteiger partial charge on any atom is -0.415 e. The summed E-state index contributed by atoms with van der Waals surface area (Å²) in [6.45, 7) is 2.04. The minimum atomic E-state index is 0.460. The lowest BCUT2D eigenvalue weighted by molar-refractivity contribution is 0.586.